The summed E-state index contributed by atoms with van der Waals surface area (Å²) in [5.74, 6) is 0.949. The molecule has 1 N–H and O–H groups in total. The van der Waals surface area contributed by atoms with Gasteiger partial charge in [-0.2, -0.15) is 8.78 Å². The second kappa shape index (κ2) is 7.94. The van der Waals surface area contributed by atoms with Gasteiger partial charge in [-0.05, 0) is 30.3 Å². The molecule has 0 saturated carbocycles. The number of thiazole rings is 1. The lowest BCUT2D eigenvalue weighted by atomic mass is 10.2. The Balaban J connectivity index is 1.66. The third-order valence-electron chi connectivity index (χ3n) is 3.50. The maximum atomic E-state index is 12.2. The first-order valence-corrected chi connectivity index (χ1v) is 8.40. The number of hydrogen-bond donors (Lipinski definition) is 1. The number of ether oxygens (including phenoxy) is 2. The minimum Gasteiger partial charge on any atom is -0.496 e. The molecule has 0 spiro atoms. The fourth-order valence-electron chi connectivity index (χ4n) is 2.31. The monoisotopic (exact) mass is 362 g/mol. The lowest BCUT2D eigenvalue weighted by molar-refractivity contribution is -0.0498. The predicted molar refractivity (Wildman–Crippen MR) is 94.5 cm³/mol. The summed E-state index contributed by atoms with van der Waals surface area (Å²) in [7, 11) is 1.64. The van der Waals surface area contributed by atoms with Gasteiger partial charge in [0.25, 0.3) is 0 Å². The first-order valence-electron chi connectivity index (χ1n) is 7.52. The quantitative estimate of drug-likeness (QED) is 0.640. The molecule has 0 unspecified atom stereocenters. The lowest BCUT2D eigenvalue weighted by Crippen LogP contribution is -2.01. The van der Waals surface area contributed by atoms with Crippen molar-refractivity contribution in [2.75, 3.05) is 12.4 Å². The van der Waals surface area contributed by atoms with Crippen molar-refractivity contribution < 1.29 is 18.3 Å². The average Bonchev–Trinajstić information content (AvgIpc) is 3.09. The molecule has 3 rings (SSSR count). The van der Waals surface area contributed by atoms with E-state index >= 15 is 0 Å². The Morgan fingerprint density at radius 1 is 1.12 bits per heavy atom. The molecule has 0 aliphatic rings. The largest absolute Gasteiger partial charge is 0.496 e. The molecule has 4 nitrogen and oxygen atoms in total. The number of benzene rings is 2. The minimum absolute atomic E-state index is 0.128. The van der Waals surface area contributed by atoms with Crippen LogP contribution in [0.5, 0.6) is 11.5 Å². The number of halogens is 2. The molecule has 0 radical (unpaired) electrons. The molecule has 1 heterocycles. The van der Waals surface area contributed by atoms with Gasteiger partial charge in [0.1, 0.15) is 11.5 Å². The predicted octanol–water partition coefficient (Wildman–Crippen LogP) is 5.03. The van der Waals surface area contributed by atoms with Crippen molar-refractivity contribution in [2.24, 2.45) is 0 Å². The van der Waals surface area contributed by atoms with Crippen LogP contribution in [-0.2, 0) is 6.54 Å². The van der Waals surface area contributed by atoms with E-state index in [2.05, 4.69) is 15.0 Å². The third-order valence-corrected chi connectivity index (χ3v) is 4.30. The van der Waals surface area contributed by atoms with Gasteiger partial charge in [-0.1, -0.05) is 18.2 Å². The number of nitrogens with zero attached hydrogens (tertiary/aromatic N) is 1. The summed E-state index contributed by atoms with van der Waals surface area (Å²) in [4.78, 5) is 4.52. The topological polar surface area (TPSA) is 43.4 Å². The van der Waals surface area contributed by atoms with Crippen LogP contribution in [0, 0.1) is 0 Å². The van der Waals surface area contributed by atoms with Crippen molar-refractivity contribution in [2.45, 2.75) is 13.2 Å². The molecule has 0 saturated heterocycles. The highest BCUT2D eigenvalue weighted by molar-refractivity contribution is 7.14. The van der Waals surface area contributed by atoms with Crippen molar-refractivity contribution in [1.82, 2.24) is 4.98 Å². The van der Waals surface area contributed by atoms with Crippen LogP contribution in [0.2, 0.25) is 0 Å². The Kier molecular flexibility index (Phi) is 5.45. The third kappa shape index (κ3) is 4.45. The fourth-order valence-corrected chi connectivity index (χ4v) is 3.03. The van der Waals surface area contributed by atoms with Gasteiger partial charge >= 0.3 is 6.61 Å². The first kappa shape index (κ1) is 17.2. The molecule has 25 heavy (non-hydrogen) atoms. The highest BCUT2D eigenvalue weighted by atomic mass is 32.1. The number of para-hydroxylation sites is 1. The molecule has 0 aliphatic carbocycles. The zero-order chi connectivity index (χ0) is 17.6. The Labute approximate surface area is 148 Å². The van der Waals surface area contributed by atoms with Gasteiger partial charge < -0.3 is 14.8 Å². The summed E-state index contributed by atoms with van der Waals surface area (Å²) in [6.45, 7) is -2.23. The maximum absolute atomic E-state index is 12.2. The Morgan fingerprint density at radius 2 is 1.88 bits per heavy atom. The van der Waals surface area contributed by atoms with Gasteiger partial charge in [0.05, 0.1) is 12.8 Å². The molecule has 0 bridgehead atoms. The maximum Gasteiger partial charge on any atom is 0.387 e. The Hall–Kier alpha value is -2.67. The van der Waals surface area contributed by atoms with Crippen LogP contribution in [0.3, 0.4) is 0 Å². The van der Waals surface area contributed by atoms with Gasteiger partial charge in [-0.3, -0.25) is 0 Å². The average molecular weight is 362 g/mol. The van der Waals surface area contributed by atoms with Crippen molar-refractivity contribution >= 4 is 16.5 Å². The number of alkyl halides is 2. The molecule has 1 aromatic heterocycles. The van der Waals surface area contributed by atoms with Crippen LogP contribution in [0.15, 0.2) is 53.9 Å². The van der Waals surface area contributed by atoms with E-state index < -0.39 is 6.61 Å². The number of hydrogen-bond acceptors (Lipinski definition) is 5. The highest BCUT2D eigenvalue weighted by Crippen LogP contribution is 2.28. The molecule has 0 fully saturated rings. The van der Waals surface area contributed by atoms with E-state index in [-0.39, 0.29) is 5.75 Å². The van der Waals surface area contributed by atoms with Crippen LogP contribution in [0.25, 0.3) is 11.3 Å². The van der Waals surface area contributed by atoms with Crippen molar-refractivity contribution in [3.8, 4) is 22.8 Å². The smallest absolute Gasteiger partial charge is 0.387 e. The number of methoxy groups -OCH3 is 1. The van der Waals surface area contributed by atoms with Crippen LogP contribution in [-0.4, -0.2) is 18.7 Å². The molecule has 0 amide bonds. The number of nitrogens with one attached hydrogen (secondary N) is 1. The van der Waals surface area contributed by atoms with Crippen LogP contribution >= 0.6 is 11.3 Å². The minimum atomic E-state index is -2.82. The SMILES string of the molecule is COc1ccccc1CNc1nc(-c2ccc(OC(F)F)cc2)cs1. The van der Waals surface area contributed by atoms with Crippen molar-refractivity contribution in [3.05, 3.63) is 59.5 Å². The normalized spacial score (nSPS) is 10.7. The molecule has 130 valence electrons. The summed E-state index contributed by atoms with van der Waals surface area (Å²) >= 11 is 1.48. The second-order valence-corrected chi connectivity index (χ2v) is 5.96. The van der Waals surface area contributed by atoms with E-state index in [1.807, 2.05) is 29.6 Å². The first-order chi connectivity index (χ1) is 12.2. The standard InChI is InChI=1S/C18H16F2N2O2S/c1-23-16-5-3-2-4-13(16)10-21-18-22-15(11-25-18)12-6-8-14(9-7-12)24-17(19)20/h2-9,11,17H,10H2,1H3,(H,21,22). The van der Waals surface area contributed by atoms with Gasteiger partial charge in [0, 0.05) is 23.1 Å². The highest BCUT2D eigenvalue weighted by Gasteiger charge is 2.08. The number of anilines is 1. The molecule has 0 aliphatic heterocycles. The molecule has 0 atom stereocenters. The molecule has 7 heteroatoms. The van der Waals surface area contributed by atoms with Gasteiger partial charge in [0.15, 0.2) is 5.13 Å². The summed E-state index contributed by atoms with van der Waals surface area (Å²) in [5, 5.41) is 5.95. The van der Waals surface area contributed by atoms with E-state index in [1.54, 1.807) is 19.2 Å². The molecular formula is C18H16F2N2O2S. The van der Waals surface area contributed by atoms with E-state index in [1.165, 1.54) is 23.5 Å². The van der Waals surface area contributed by atoms with Gasteiger partial charge in [0.2, 0.25) is 0 Å². The van der Waals surface area contributed by atoms with Gasteiger partial charge in [-0.15, -0.1) is 11.3 Å². The molecule has 2 aromatic carbocycles. The summed E-state index contributed by atoms with van der Waals surface area (Å²) in [6, 6.07) is 14.2. The second-order valence-electron chi connectivity index (χ2n) is 5.11. The summed E-state index contributed by atoms with van der Waals surface area (Å²) in [6.07, 6.45) is 0. The summed E-state index contributed by atoms with van der Waals surface area (Å²) < 4.78 is 34.0. The fraction of sp³-hybridized carbons (Fsp3) is 0.167. The van der Waals surface area contributed by atoms with Crippen LogP contribution < -0.4 is 14.8 Å². The van der Waals surface area contributed by atoms with E-state index in [4.69, 9.17) is 4.74 Å². The Morgan fingerprint density at radius 3 is 2.60 bits per heavy atom. The van der Waals surface area contributed by atoms with E-state index in [0.717, 1.165) is 27.7 Å². The molecular weight excluding hydrogens is 346 g/mol. The van der Waals surface area contributed by atoms with Crippen molar-refractivity contribution in [1.29, 1.82) is 0 Å². The van der Waals surface area contributed by atoms with Crippen molar-refractivity contribution in [3.63, 3.8) is 0 Å². The van der Waals surface area contributed by atoms with E-state index in [0.29, 0.717) is 6.54 Å². The lowest BCUT2D eigenvalue weighted by Gasteiger charge is -2.08. The van der Waals surface area contributed by atoms with Gasteiger partial charge in [-0.25, -0.2) is 4.98 Å². The molecule has 3 aromatic rings. The number of aromatic nitrogens is 1. The van der Waals surface area contributed by atoms with Crippen LogP contribution in [0.4, 0.5) is 13.9 Å². The zero-order valence-electron chi connectivity index (χ0n) is 13.4. The summed E-state index contributed by atoms with van der Waals surface area (Å²) in [5.41, 5.74) is 2.65. The zero-order valence-corrected chi connectivity index (χ0v) is 14.2. The Bertz CT molecular complexity index is 822. The van der Waals surface area contributed by atoms with Crippen LogP contribution in [0.1, 0.15) is 5.56 Å². The van der Waals surface area contributed by atoms with E-state index in [9.17, 15) is 8.78 Å². The number of rotatable bonds is 7.